The lowest BCUT2D eigenvalue weighted by molar-refractivity contribution is -0.123. The van der Waals surface area contributed by atoms with Crippen LogP contribution in [0, 0.1) is 5.92 Å². The molecule has 2 aromatic rings. The first-order valence-corrected chi connectivity index (χ1v) is 13.6. The van der Waals surface area contributed by atoms with E-state index in [2.05, 4.69) is 22.3 Å². The highest BCUT2D eigenvalue weighted by molar-refractivity contribution is 7.89. The number of benzene rings is 2. The van der Waals surface area contributed by atoms with E-state index in [4.69, 9.17) is 27.9 Å². The molecule has 0 aliphatic heterocycles. The Morgan fingerprint density at radius 1 is 1.00 bits per heavy atom. The molecule has 36 heavy (non-hydrogen) atoms. The number of hydrogen-bond acceptors (Lipinski definition) is 6. The van der Waals surface area contributed by atoms with Crippen molar-refractivity contribution in [2.45, 2.75) is 50.1 Å². The summed E-state index contributed by atoms with van der Waals surface area (Å²) in [6.07, 6.45) is 4.05. The van der Waals surface area contributed by atoms with Gasteiger partial charge in [0.05, 0.1) is 20.5 Å². The van der Waals surface area contributed by atoms with Crippen molar-refractivity contribution in [2.75, 3.05) is 6.61 Å². The normalized spacial score (nSPS) is 17.8. The van der Waals surface area contributed by atoms with Crippen molar-refractivity contribution in [3.8, 4) is 0 Å². The second-order valence-corrected chi connectivity index (χ2v) is 11.1. The van der Waals surface area contributed by atoms with Crippen molar-refractivity contribution >= 4 is 51.1 Å². The Morgan fingerprint density at radius 2 is 1.69 bits per heavy atom. The van der Waals surface area contributed by atoms with Gasteiger partial charge < -0.3 is 10.1 Å². The topological polar surface area (TPSA) is 131 Å². The van der Waals surface area contributed by atoms with Gasteiger partial charge in [-0.05, 0) is 54.7 Å². The molecule has 12 heteroatoms. The van der Waals surface area contributed by atoms with E-state index in [0.29, 0.717) is 11.5 Å². The number of esters is 1. The Bertz CT molecular complexity index is 1220. The van der Waals surface area contributed by atoms with Gasteiger partial charge in [0.1, 0.15) is 0 Å². The lowest BCUT2D eigenvalue weighted by Crippen LogP contribution is -2.48. The molecule has 0 unspecified atom stereocenters. The summed E-state index contributed by atoms with van der Waals surface area (Å²) >= 11 is 11.7. The molecule has 0 heterocycles. The second-order valence-electron chi connectivity index (χ2n) is 8.56. The van der Waals surface area contributed by atoms with Crippen LogP contribution in [0.2, 0.25) is 10.0 Å². The Morgan fingerprint density at radius 3 is 2.36 bits per heavy atom. The molecule has 2 aromatic carbocycles. The van der Waals surface area contributed by atoms with E-state index in [1.165, 1.54) is 30.3 Å². The molecule has 1 saturated carbocycles. The number of rotatable bonds is 8. The maximum Gasteiger partial charge on any atom is 0.338 e. The predicted molar refractivity (Wildman–Crippen MR) is 135 cm³/mol. The first kappa shape index (κ1) is 27.9. The number of nitrogens with one attached hydrogen (secondary N) is 3. The molecule has 1 aliphatic rings. The van der Waals surface area contributed by atoms with E-state index >= 15 is 0 Å². The molecule has 0 bridgehead atoms. The highest BCUT2D eigenvalue weighted by Crippen LogP contribution is 2.25. The molecule has 3 N–H and O–H groups in total. The summed E-state index contributed by atoms with van der Waals surface area (Å²) in [6.45, 7) is 1.41. The molecule has 0 radical (unpaired) electrons. The van der Waals surface area contributed by atoms with Gasteiger partial charge in [-0.2, -0.15) is 0 Å². The highest BCUT2D eigenvalue weighted by atomic mass is 35.5. The molecule has 0 aromatic heterocycles. The molecule has 0 saturated heterocycles. The first-order chi connectivity index (χ1) is 17.0. The van der Waals surface area contributed by atoms with Crippen LogP contribution in [0.3, 0.4) is 0 Å². The molecule has 3 rings (SSSR count). The summed E-state index contributed by atoms with van der Waals surface area (Å²) in [5.74, 6) is -1.15. The second kappa shape index (κ2) is 12.5. The van der Waals surface area contributed by atoms with E-state index in [9.17, 15) is 22.8 Å². The van der Waals surface area contributed by atoms with Crippen molar-refractivity contribution < 1.29 is 27.5 Å². The fraction of sp³-hybridized carbons (Fsp3) is 0.375. The van der Waals surface area contributed by atoms with Gasteiger partial charge in [-0.15, -0.1) is 0 Å². The number of halogens is 2. The molecule has 9 nitrogen and oxygen atoms in total. The minimum atomic E-state index is -3.83. The summed E-state index contributed by atoms with van der Waals surface area (Å²) in [7, 11) is -3.83. The zero-order chi connectivity index (χ0) is 26.3. The molecular formula is C24H27Cl2N3O6S. The number of carbonyl (C=O) groups excluding carboxylic acids is 3. The zero-order valence-electron chi connectivity index (χ0n) is 19.6. The minimum absolute atomic E-state index is 0.0149. The van der Waals surface area contributed by atoms with Crippen LogP contribution >= 0.6 is 23.2 Å². The summed E-state index contributed by atoms with van der Waals surface area (Å²) in [5.41, 5.74) is 0.751. The molecular weight excluding hydrogens is 529 g/mol. The molecule has 194 valence electrons. The first-order valence-electron chi connectivity index (χ1n) is 11.4. The van der Waals surface area contributed by atoms with Crippen molar-refractivity contribution in [2.24, 2.45) is 5.92 Å². The number of amides is 3. The number of urea groups is 1. The van der Waals surface area contributed by atoms with Gasteiger partial charge in [-0.25, -0.2) is 22.7 Å². The van der Waals surface area contributed by atoms with Crippen molar-refractivity contribution in [1.29, 1.82) is 0 Å². The third-order valence-corrected chi connectivity index (χ3v) is 8.01. The van der Waals surface area contributed by atoms with Gasteiger partial charge >= 0.3 is 12.0 Å². The molecule has 0 spiro atoms. The zero-order valence-corrected chi connectivity index (χ0v) is 21.9. The van der Waals surface area contributed by atoms with Gasteiger partial charge in [0.2, 0.25) is 10.0 Å². The molecule has 3 amide bonds. The lowest BCUT2D eigenvalue weighted by Gasteiger charge is -2.29. The maximum absolute atomic E-state index is 12.4. The van der Waals surface area contributed by atoms with Crippen LogP contribution in [0.25, 0.3) is 0 Å². The van der Waals surface area contributed by atoms with E-state index in [1.807, 2.05) is 0 Å². The molecule has 2 atom stereocenters. The van der Waals surface area contributed by atoms with Gasteiger partial charge in [0.15, 0.2) is 6.61 Å². The van der Waals surface area contributed by atoms with Crippen LogP contribution in [0.15, 0.2) is 47.4 Å². The van der Waals surface area contributed by atoms with Crippen LogP contribution in [0.1, 0.15) is 48.5 Å². The monoisotopic (exact) mass is 555 g/mol. The Kier molecular flexibility index (Phi) is 9.72. The van der Waals surface area contributed by atoms with Gasteiger partial charge in [0, 0.05) is 12.6 Å². The Hall–Kier alpha value is -2.66. The summed E-state index contributed by atoms with van der Waals surface area (Å²) in [5, 5.41) is 5.32. The van der Waals surface area contributed by atoms with Gasteiger partial charge in [-0.3, -0.25) is 10.1 Å². The molecule has 1 aliphatic carbocycles. The standard InChI is InChI=1S/C24H27Cl2N3O6S/c1-15-4-2-3-5-21(15)28-24(32)29-22(30)14-35-23(31)17-8-6-16(7-9-17)13-27-36(33,34)18-10-11-19(25)20(26)12-18/h6-12,15,21,27H,2-5,13-14H2,1H3,(H2,28,29,30,32)/t15-,21+/m0/s1. The van der Waals surface area contributed by atoms with Crippen molar-refractivity contribution in [3.63, 3.8) is 0 Å². The predicted octanol–water partition coefficient (Wildman–Crippen LogP) is 4.03. The number of ether oxygens (including phenoxy) is 1. The number of hydrogen-bond donors (Lipinski definition) is 3. The summed E-state index contributed by atoms with van der Waals surface area (Å²) in [4.78, 5) is 36.2. The van der Waals surface area contributed by atoms with Crippen molar-refractivity contribution in [3.05, 3.63) is 63.6 Å². The van der Waals surface area contributed by atoms with E-state index in [-0.39, 0.29) is 33.1 Å². The van der Waals surface area contributed by atoms with Gasteiger partial charge in [-0.1, -0.05) is 55.1 Å². The fourth-order valence-corrected chi connectivity index (χ4v) is 5.18. The third kappa shape index (κ3) is 7.92. The van der Waals surface area contributed by atoms with Crippen LogP contribution in [-0.2, 0) is 26.1 Å². The Balaban J connectivity index is 1.45. The van der Waals surface area contributed by atoms with Crippen LogP contribution in [0.4, 0.5) is 4.79 Å². The average Bonchev–Trinajstić information content (AvgIpc) is 2.84. The number of imide groups is 1. The van der Waals surface area contributed by atoms with E-state index in [0.717, 1.165) is 25.7 Å². The fourth-order valence-electron chi connectivity index (χ4n) is 3.78. The van der Waals surface area contributed by atoms with E-state index < -0.39 is 34.5 Å². The van der Waals surface area contributed by atoms with Crippen molar-refractivity contribution in [1.82, 2.24) is 15.4 Å². The maximum atomic E-state index is 12.4. The lowest BCUT2D eigenvalue weighted by atomic mass is 9.86. The van der Waals surface area contributed by atoms with Crippen LogP contribution in [-0.4, -0.2) is 39.0 Å². The molecule has 1 fully saturated rings. The van der Waals surface area contributed by atoms with Crippen LogP contribution < -0.4 is 15.4 Å². The summed E-state index contributed by atoms with van der Waals surface area (Å²) < 4.78 is 32.3. The third-order valence-electron chi connectivity index (χ3n) is 5.87. The van der Waals surface area contributed by atoms with Gasteiger partial charge in [0.25, 0.3) is 5.91 Å². The smallest absolute Gasteiger partial charge is 0.338 e. The SMILES string of the molecule is C[C@H]1CCCC[C@H]1NC(=O)NC(=O)COC(=O)c1ccc(CNS(=O)(=O)c2ccc(Cl)c(Cl)c2)cc1. The van der Waals surface area contributed by atoms with E-state index in [1.54, 1.807) is 12.1 Å². The van der Waals surface area contributed by atoms with Crippen LogP contribution in [0.5, 0.6) is 0 Å². The number of sulfonamides is 1. The highest BCUT2D eigenvalue weighted by Gasteiger charge is 2.23. The minimum Gasteiger partial charge on any atom is -0.452 e. The largest absolute Gasteiger partial charge is 0.452 e. The quantitative estimate of drug-likeness (QED) is 0.421. The Labute approximate surface area is 219 Å². The average molecular weight is 556 g/mol. The number of carbonyl (C=O) groups is 3. The summed E-state index contributed by atoms with van der Waals surface area (Å²) in [6, 6.07) is 9.37.